The van der Waals surface area contributed by atoms with Gasteiger partial charge in [-0.2, -0.15) is 0 Å². The molecule has 1 atom stereocenters. The molecule has 0 unspecified atom stereocenters. The smallest absolute Gasteiger partial charge is 0.325 e. The zero-order valence-electron chi connectivity index (χ0n) is 11.5. The Morgan fingerprint density at radius 2 is 2.00 bits per heavy atom. The van der Waals surface area contributed by atoms with Crippen molar-refractivity contribution < 1.29 is 14.6 Å². The van der Waals surface area contributed by atoms with E-state index in [0.717, 1.165) is 19.6 Å². The molecule has 0 heterocycles. The Balaban J connectivity index is 2.65. The van der Waals surface area contributed by atoms with Crippen molar-refractivity contribution in [3.63, 3.8) is 0 Å². The molecule has 0 aliphatic rings. The van der Waals surface area contributed by atoms with Crippen LogP contribution >= 0.6 is 0 Å². The van der Waals surface area contributed by atoms with Gasteiger partial charge in [-0.25, -0.2) is 0 Å². The number of ether oxygens (including phenoxy) is 1. The quantitative estimate of drug-likeness (QED) is 0.745. The summed E-state index contributed by atoms with van der Waals surface area (Å²) in [5.41, 5.74) is 6.14. The molecule has 0 fully saturated rings. The van der Waals surface area contributed by atoms with E-state index in [1.807, 2.05) is 6.07 Å². The molecular weight excluding hydrogens is 244 g/mol. The van der Waals surface area contributed by atoms with Crippen LogP contribution in [0.4, 0.5) is 0 Å². The van der Waals surface area contributed by atoms with E-state index >= 15 is 0 Å². The fraction of sp³-hybridized carbons (Fsp3) is 0.500. The van der Waals surface area contributed by atoms with Gasteiger partial charge in [-0.15, -0.1) is 0 Å². The van der Waals surface area contributed by atoms with E-state index in [4.69, 9.17) is 15.6 Å². The molecule has 1 aromatic rings. The van der Waals surface area contributed by atoms with E-state index in [-0.39, 0.29) is 0 Å². The number of hydrogen-bond donors (Lipinski definition) is 2. The number of aliphatic carboxylic acids is 1. The van der Waals surface area contributed by atoms with Crippen molar-refractivity contribution >= 4 is 5.97 Å². The maximum Gasteiger partial charge on any atom is 0.325 e. The van der Waals surface area contributed by atoms with E-state index in [1.54, 1.807) is 18.2 Å². The van der Waals surface area contributed by atoms with Crippen molar-refractivity contribution in [2.24, 2.45) is 5.73 Å². The number of benzene rings is 1. The van der Waals surface area contributed by atoms with Gasteiger partial charge in [0, 0.05) is 12.1 Å². The predicted octanol–water partition coefficient (Wildman–Crippen LogP) is 1.49. The molecule has 3 N–H and O–H groups in total. The number of carbonyl (C=O) groups is 1. The summed E-state index contributed by atoms with van der Waals surface area (Å²) in [6.45, 7) is 7.45. The molecule has 0 spiro atoms. The van der Waals surface area contributed by atoms with Gasteiger partial charge in [0.15, 0.2) is 0 Å². The lowest BCUT2D eigenvalue weighted by Gasteiger charge is -2.19. The maximum absolute atomic E-state index is 10.9. The molecule has 1 rings (SSSR count). The number of nitrogens with zero attached hydrogens (tertiary/aromatic N) is 1. The van der Waals surface area contributed by atoms with Gasteiger partial charge in [0.2, 0.25) is 0 Å². The molecule has 0 aromatic heterocycles. The van der Waals surface area contributed by atoms with Crippen molar-refractivity contribution in [1.29, 1.82) is 0 Å². The second kappa shape index (κ2) is 7.76. The molecule has 0 amide bonds. The van der Waals surface area contributed by atoms with Crippen LogP contribution in [-0.4, -0.2) is 42.2 Å². The van der Waals surface area contributed by atoms with Gasteiger partial charge in [-0.1, -0.05) is 32.0 Å². The third-order valence-electron chi connectivity index (χ3n) is 3.08. The summed E-state index contributed by atoms with van der Waals surface area (Å²) in [5.74, 6) is -0.510. The number of likely N-dealkylation sites (N-methyl/N-ethyl adjacent to an activating group) is 1. The van der Waals surface area contributed by atoms with E-state index in [9.17, 15) is 4.79 Å². The Labute approximate surface area is 114 Å². The molecule has 0 saturated heterocycles. The zero-order valence-corrected chi connectivity index (χ0v) is 11.5. The lowest BCUT2D eigenvalue weighted by molar-refractivity contribution is -0.138. The summed E-state index contributed by atoms with van der Waals surface area (Å²) in [4.78, 5) is 13.2. The minimum atomic E-state index is -1.06. The summed E-state index contributed by atoms with van der Waals surface area (Å²) in [7, 11) is 0. The van der Waals surface area contributed by atoms with Crippen molar-refractivity contribution in [2.45, 2.75) is 19.9 Å². The summed E-state index contributed by atoms with van der Waals surface area (Å²) in [6.07, 6.45) is 0. The fourth-order valence-electron chi connectivity index (χ4n) is 1.83. The Hall–Kier alpha value is -1.59. The first-order valence-corrected chi connectivity index (χ1v) is 6.52. The van der Waals surface area contributed by atoms with Gasteiger partial charge in [-0.05, 0) is 19.2 Å². The van der Waals surface area contributed by atoms with E-state index in [2.05, 4.69) is 18.7 Å². The first-order chi connectivity index (χ1) is 9.10. The molecule has 19 heavy (non-hydrogen) atoms. The van der Waals surface area contributed by atoms with E-state index in [1.165, 1.54) is 0 Å². The normalized spacial score (nSPS) is 12.4. The Morgan fingerprint density at radius 3 is 2.58 bits per heavy atom. The van der Waals surface area contributed by atoms with Crippen LogP contribution in [-0.2, 0) is 4.79 Å². The number of hydrogen-bond acceptors (Lipinski definition) is 4. The monoisotopic (exact) mass is 266 g/mol. The number of carboxylic acid groups (broad SMARTS) is 1. The molecule has 5 heteroatoms. The average molecular weight is 266 g/mol. The number of para-hydroxylation sites is 1. The van der Waals surface area contributed by atoms with Crippen LogP contribution in [0.2, 0.25) is 0 Å². The minimum absolute atomic E-state index is 0.509. The highest BCUT2D eigenvalue weighted by atomic mass is 16.5. The molecule has 0 aliphatic heterocycles. The molecule has 5 nitrogen and oxygen atoms in total. The lowest BCUT2D eigenvalue weighted by Crippen LogP contribution is -2.28. The fourth-order valence-corrected chi connectivity index (χ4v) is 1.83. The van der Waals surface area contributed by atoms with Gasteiger partial charge >= 0.3 is 5.97 Å². The van der Waals surface area contributed by atoms with E-state index < -0.39 is 12.0 Å². The first-order valence-electron chi connectivity index (χ1n) is 6.52. The van der Waals surface area contributed by atoms with Crippen LogP contribution < -0.4 is 10.5 Å². The third-order valence-corrected chi connectivity index (χ3v) is 3.08. The van der Waals surface area contributed by atoms with Gasteiger partial charge in [0.1, 0.15) is 18.4 Å². The molecule has 1 aromatic carbocycles. The standard InChI is InChI=1S/C14H22N2O3/c1-3-16(4-2)9-10-19-12-8-6-5-7-11(12)13(15)14(17)18/h5-8,13H,3-4,9-10,15H2,1-2H3,(H,17,18)/t13-/m0/s1. The Morgan fingerprint density at radius 1 is 1.37 bits per heavy atom. The molecule has 0 saturated carbocycles. The Bertz CT molecular complexity index is 405. The summed E-state index contributed by atoms with van der Waals surface area (Å²) >= 11 is 0. The van der Waals surface area contributed by atoms with Crippen LogP contribution in [0.5, 0.6) is 5.75 Å². The highest BCUT2D eigenvalue weighted by Gasteiger charge is 2.18. The lowest BCUT2D eigenvalue weighted by atomic mass is 10.1. The first kappa shape index (κ1) is 15.5. The van der Waals surface area contributed by atoms with Gasteiger partial charge in [-0.3, -0.25) is 4.79 Å². The molecule has 0 bridgehead atoms. The van der Waals surface area contributed by atoms with Crippen molar-refractivity contribution in [3.05, 3.63) is 29.8 Å². The summed E-state index contributed by atoms with van der Waals surface area (Å²) in [6, 6.07) is 5.95. The summed E-state index contributed by atoms with van der Waals surface area (Å²) in [5, 5.41) is 8.96. The van der Waals surface area contributed by atoms with Crippen molar-refractivity contribution in [3.8, 4) is 5.75 Å². The molecule has 0 aliphatic carbocycles. The van der Waals surface area contributed by atoms with Gasteiger partial charge in [0.25, 0.3) is 0 Å². The van der Waals surface area contributed by atoms with Crippen LogP contribution in [0.3, 0.4) is 0 Å². The van der Waals surface area contributed by atoms with Crippen LogP contribution in [0.15, 0.2) is 24.3 Å². The Kier molecular flexibility index (Phi) is 6.32. The molecular formula is C14H22N2O3. The average Bonchev–Trinajstić information content (AvgIpc) is 2.43. The van der Waals surface area contributed by atoms with Crippen molar-refractivity contribution in [2.75, 3.05) is 26.2 Å². The topological polar surface area (TPSA) is 75.8 Å². The summed E-state index contributed by atoms with van der Waals surface area (Å²) < 4.78 is 5.66. The van der Waals surface area contributed by atoms with Gasteiger partial charge < -0.3 is 20.5 Å². The third kappa shape index (κ3) is 4.54. The number of nitrogens with two attached hydrogens (primary N) is 1. The highest BCUT2D eigenvalue weighted by Crippen LogP contribution is 2.23. The maximum atomic E-state index is 10.9. The van der Waals surface area contributed by atoms with Crippen LogP contribution in [0.25, 0.3) is 0 Å². The second-order valence-electron chi connectivity index (χ2n) is 4.23. The highest BCUT2D eigenvalue weighted by molar-refractivity contribution is 5.76. The molecule has 0 radical (unpaired) electrons. The van der Waals surface area contributed by atoms with Crippen LogP contribution in [0.1, 0.15) is 25.5 Å². The van der Waals surface area contributed by atoms with Crippen LogP contribution in [0, 0.1) is 0 Å². The largest absolute Gasteiger partial charge is 0.492 e. The second-order valence-corrected chi connectivity index (χ2v) is 4.23. The zero-order chi connectivity index (χ0) is 14.3. The molecule has 106 valence electrons. The van der Waals surface area contributed by atoms with Gasteiger partial charge in [0.05, 0.1) is 0 Å². The minimum Gasteiger partial charge on any atom is -0.492 e. The van der Waals surface area contributed by atoms with Crippen molar-refractivity contribution in [1.82, 2.24) is 4.90 Å². The number of rotatable bonds is 8. The SMILES string of the molecule is CCN(CC)CCOc1ccccc1[C@H](N)C(=O)O. The number of carboxylic acids is 1. The van der Waals surface area contributed by atoms with E-state index in [0.29, 0.717) is 17.9 Å². The predicted molar refractivity (Wildman–Crippen MR) is 74.3 cm³/mol.